The summed E-state index contributed by atoms with van der Waals surface area (Å²) in [6.45, 7) is 4.15. The lowest BCUT2D eigenvalue weighted by atomic mass is 10.3. The van der Waals surface area contributed by atoms with Gasteiger partial charge in [-0.25, -0.2) is 0 Å². The van der Waals surface area contributed by atoms with Crippen LogP contribution >= 0.6 is 11.3 Å². The van der Waals surface area contributed by atoms with Crippen molar-refractivity contribution in [2.24, 2.45) is 0 Å². The fraction of sp³-hybridized carbons (Fsp3) is 0.538. The van der Waals surface area contributed by atoms with Crippen molar-refractivity contribution in [2.45, 2.75) is 32.7 Å². The van der Waals surface area contributed by atoms with E-state index in [1.807, 2.05) is 19.1 Å². The number of ether oxygens (including phenoxy) is 1. The Morgan fingerprint density at radius 1 is 1.44 bits per heavy atom. The van der Waals surface area contributed by atoms with Gasteiger partial charge in [-0.2, -0.15) is 0 Å². The quantitative estimate of drug-likeness (QED) is 0.769. The summed E-state index contributed by atoms with van der Waals surface area (Å²) in [5, 5.41) is 0. The normalized spacial score (nSPS) is 14.3. The molecule has 2 rings (SSSR count). The highest BCUT2D eigenvalue weighted by atomic mass is 32.1. The second-order valence-electron chi connectivity index (χ2n) is 4.38. The molecule has 98 valence electrons. The van der Waals surface area contributed by atoms with Crippen LogP contribution in [0.4, 0.5) is 0 Å². The number of amides is 1. The minimum Gasteiger partial charge on any atom is -0.465 e. The SMILES string of the molecule is CCOC(=O)CN(C(=O)c1ccc(C)s1)C1CC1. The van der Waals surface area contributed by atoms with Crippen LogP contribution in [0.25, 0.3) is 0 Å². The minimum absolute atomic E-state index is 0.0522. The third-order valence-corrected chi connectivity index (χ3v) is 3.79. The summed E-state index contributed by atoms with van der Waals surface area (Å²) >= 11 is 1.47. The van der Waals surface area contributed by atoms with Crippen LogP contribution in [0, 0.1) is 6.92 Å². The highest BCUT2D eigenvalue weighted by Gasteiger charge is 2.35. The van der Waals surface area contributed by atoms with Gasteiger partial charge in [0.15, 0.2) is 0 Å². The lowest BCUT2D eigenvalue weighted by Crippen LogP contribution is -2.37. The molecule has 18 heavy (non-hydrogen) atoms. The van der Waals surface area contributed by atoms with Gasteiger partial charge in [0.2, 0.25) is 0 Å². The molecule has 1 aromatic rings. The van der Waals surface area contributed by atoms with E-state index in [0.29, 0.717) is 11.5 Å². The van der Waals surface area contributed by atoms with Crippen LogP contribution in [0.1, 0.15) is 34.3 Å². The number of hydrogen-bond donors (Lipinski definition) is 0. The summed E-state index contributed by atoms with van der Waals surface area (Å²) in [4.78, 5) is 27.3. The van der Waals surface area contributed by atoms with Crippen LogP contribution in [0.15, 0.2) is 12.1 Å². The number of nitrogens with zero attached hydrogens (tertiary/aromatic N) is 1. The van der Waals surface area contributed by atoms with Gasteiger partial charge in [0.25, 0.3) is 5.91 Å². The maximum Gasteiger partial charge on any atom is 0.325 e. The van der Waals surface area contributed by atoms with Gasteiger partial charge in [-0.15, -0.1) is 11.3 Å². The molecule has 0 unspecified atom stereocenters. The number of thiophene rings is 1. The van der Waals surface area contributed by atoms with Crippen molar-refractivity contribution in [3.05, 3.63) is 21.9 Å². The molecule has 4 nitrogen and oxygen atoms in total. The van der Waals surface area contributed by atoms with E-state index in [0.717, 1.165) is 17.7 Å². The zero-order valence-corrected chi connectivity index (χ0v) is 11.5. The summed E-state index contributed by atoms with van der Waals surface area (Å²) in [6, 6.07) is 3.96. The molecular formula is C13H17NO3S. The van der Waals surface area contributed by atoms with E-state index in [9.17, 15) is 9.59 Å². The number of rotatable bonds is 5. The van der Waals surface area contributed by atoms with Crippen molar-refractivity contribution in [3.63, 3.8) is 0 Å². The van der Waals surface area contributed by atoms with E-state index in [2.05, 4.69) is 0 Å². The first kappa shape index (κ1) is 13.1. The van der Waals surface area contributed by atoms with Crippen LogP contribution < -0.4 is 0 Å². The highest BCUT2D eigenvalue weighted by Crippen LogP contribution is 2.29. The molecule has 1 aliphatic carbocycles. The molecule has 0 saturated heterocycles. The molecule has 0 radical (unpaired) electrons. The Labute approximate surface area is 111 Å². The molecule has 0 bridgehead atoms. The fourth-order valence-corrected chi connectivity index (χ4v) is 2.61. The van der Waals surface area contributed by atoms with Crippen molar-refractivity contribution in [1.29, 1.82) is 0 Å². The van der Waals surface area contributed by atoms with Crippen LogP contribution in [0.3, 0.4) is 0 Å². The van der Waals surface area contributed by atoms with Crippen molar-refractivity contribution in [3.8, 4) is 0 Å². The molecule has 5 heteroatoms. The predicted molar refractivity (Wildman–Crippen MR) is 69.7 cm³/mol. The first-order valence-electron chi connectivity index (χ1n) is 6.15. The van der Waals surface area contributed by atoms with Crippen LogP contribution in [-0.2, 0) is 9.53 Å². The molecule has 0 aromatic carbocycles. The average Bonchev–Trinajstić information content (AvgIpc) is 3.08. The molecule has 1 amide bonds. The summed E-state index contributed by atoms with van der Waals surface area (Å²) in [6.07, 6.45) is 1.96. The summed E-state index contributed by atoms with van der Waals surface area (Å²) in [5.74, 6) is -0.380. The molecule has 1 fully saturated rings. The lowest BCUT2D eigenvalue weighted by molar-refractivity contribution is -0.143. The molecular weight excluding hydrogens is 250 g/mol. The molecule has 0 spiro atoms. The molecule has 0 atom stereocenters. The van der Waals surface area contributed by atoms with E-state index in [-0.39, 0.29) is 24.5 Å². The van der Waals surface area contributed by atoms with Gasteiger partial charge in [0.05, 0.1) is 11.5 Å². The minimum atomic E-state index is -0.328. The number of esters is 1. The zero-order chi connectivity index (χ0) is 13.1. The van der Waals surface area contributed by atoms with Gasteiger partial charge >= 0.3 is 5.97 Å². The topological polar surface area (TPSA) is 46.6 Å². The monoisotopic (exact) mass is 267 g/mol. The first-order chi connectivity index (χ1) is 8.61. The van der Waals surface area contributed by atoms with E-state index in [1.165, 1.54) is 11.3 Å². The second-order valence-corrected chi connectivity index (χ2v) is 5.67. The summed E-state index contributed by atoms with van der Waals surface area (Å²) in [5.41, 5.74) is 0. The zero-order valence-electron chi connectivity index (χ0n) is 10.6. The Morgan fingerprint density at radius 3 is 2.67 bits per heavy atom. The number of carbonyl (C=O) groups excluding carboxylic acids is 2. The van der Waals surface area contributed by atoms with Gasteiger partial charge in [-0.05, 0) is 38.8 Å². The Balaban J connectivity index is 2.05. The maximum absolute atomic E-state index is 12.3. The largest absolute Gasteiger partial charge is 0.465 e. The maximum atomic E-state index is 12.3. The smallest absolute Gasteiger partial charge is 0.325 e. The standard InChI is InChI=1S/C13H17NO3S/c1-3-17-12(15)8-14(10-5-6-10)13(16)11-7-4-9(2)18-11/h4,7,10H,3,5-6,8H2,1-2H3. The fourth-order valence-electron chi connectivity index (χ4n) is 1.79. The van der Waals surface area contributed by atoms with E-state index >= 15 is 0 Å². The Morgan fingerprint density at radius 2 is 2.17 bits per heavy atom. The average molecular weight is 267 g/mol. The van der Waals surface area contributed by atoms with Crippen molar-refractivity contribution < 1.29 is 14.3 Å². The third kappa shape index (κ3) is 3.10. The molecule has 1 heterocycles. The predicted octanol–water partition coefficient (Wildman–Crippen LogP) is 2.22. The second kappa shape index (κ2) is 5.52. The Kier molecular flexibility index (Phi) is 4.01. The Hall–Kier alpha value is -1.36. The summed E-state index contributed by atoms with van der Waals surface area (Å²) in [7, 11) is 0. The first-order valence-corrected chi connectivity index (χ1v) is 6.96. The lowest BCUT2D eigenvalue weighted by Gasteiger charge is -2.20. The number of aryl methyl sites for hydroxylation is 1. The third-order valence-electron chi connectivity index (χ3n) is 2.80. The molecule has 0 aliphatic heterocycles. The summed E-state index contributed by atoms with van der Waals surface area (Å²) < 4.78 is 4.91. The van der Waals surface area contributed by atoms with Gasteiger partial charge in [0.1, 0.15) is 6.54 Å². The van der Waals surface area contributed by atoms with Crippen LogP contribution in [0.5, 0.6) is 0 Å². The molecule has 1 aliphatic rings. The van der Waals surface area contributed by atoms with Gasteiger partial charge in [0, 0.05) is 10.9 Å². The van der Waals surface area contributed by atoms with Crippen molar-refractivity contribution >= 4 is 23.2 Å². The van der Waals surface area contributed by atoms with Gasteiger partial charge in [-0.3, -0.25) is 9.59 Å². The van der Waals surface area contributed by atoms with Gasteiger partial charge in [-0.1, -0.05) is 0 Å². The molecule has 0 N–H and O–H groups in total. The van der Waals surface area contributed by atoms with Gasteiger partial charge < -0.3 is 9.64 Å². The molecule has 1 saturated carbocycles. The van der Waals surface area contributed by atoms with E-state index in [4.69, 9.17) is 4.74 Å². The molecule has 1 aromatic heterocycles. The van der Waals surface area contributed by atoms with Crippen LogP contribution in [-0.4, -0.2) is 36.0 Å². The van der Waals surface area contributed by atoms with Crippen molar-refractivity contribution in [1.82, 2.24) is 4.90 Å². The van der Waals surface area contributed by atoms with Crippen LogP contribution in [0.2, 0.25) is 0 Å². The van der Waals surface area contributed by atoms with Crippen molar-refractivity contribution in [2.75, 3.05) is 13.2 Å². The Bertz CT molecular complexity index is 451. The number of carbonyl (C=O) groups is 2. The van der Waals surface area contributed by atoms with E-state index in [1.54, 1.807) is 11.8 Å². The van der Waals surface area contributed by atoms with E-state index < -0.39 is 0 Å². The highest BCUT2D eigenvalue weighted by molar-refractivity contribution is 7.13. The number of hydrogen-bond acceptors (Lipinski definition) is 4.